The van der Waals surface area contributed by atoms with Crippen molar-refractivity contribution < 1.29 is 13.6 Å². The molecule has 0 radical (unpaired) electrons. The summed E-state index contributed by atoms with van der Waals surface area (Å²) in [5.74, 6) is 0.994. The highest BCUT2D eigenvalue weighted by Crippen LogP contribution is 2.23. The summed E-state index contributed by atoms with van der Waals surface area (Å²) in [4.78, 5) is 15.8. The fourth-order valence-electron chi connectivity index (χ4n) is 1.99. The van der Waals surface area contributed by atoms with Gasteiger partial charge in [0.2, 0.25) is 5.91 Å². The topological polar surface area (TPSA) is 55.1 Å². The highest BCUT2D eigenvalue weighted by molar-refractivity contribution is 7.13. The number of hydrogen-bond donors (Lipinski definition) is 1. The Kier molecular flexibility index (Phi) is 4.29. The van der Waals surface area contributed by atoms with Crippen LogP contribution in [0.15, 0.2) is 52.4 Å². The van der Waals surface area contributed by atoms with Gasteiger partial charge in [0, 0.05) is 30.0 Å². The number of thiazole rings is 1. The maximum atomic E-state index is 12.9. The van der Waals surface area contributed by atoms with Crippen LogP contribution in [0.25, 0.3) is 11.3 Å². The molecule has 0 atom stereocenters. The first-order valence-corrected chi connectivity index (χ1v) is 7.63. The van der Waals surface area contributed by atoms with Gasteiger partial charge in [-0.3, -0.25) is 4.79 Å². The van der Waals surface area contributed by atoms with E-state index >= 15 is 0 Å². The van der Waals surface area contributed by atoms with Crippen LogP contribution in [0.3, 0.4) is 0 Å². The molecule has 1 amide bonds. The third-order valence-electron chi connectivity index (χ3n) is 3.07. The van der Waals surface area contributed by atoms with E-state index < -0.39 is 0 Å². The molecule has 2 aromatic heterocycles. The zero-order chi connectivity index (χ0) is 15.4. The standard InChI is InChI=1S/C16H13FN2O2S/c17-12-3-1-11(2-4-12)14-7-5-13(21-14)6-8-15(20)19-16-18-9-10-22-16/h1-5,7,9-10H,6,8H2,(H,18,19,20). The molecule has 0 bridgehead atoms. The number of aryl methyl sites for hydroxylation is 1. The van der Waals surface area contributed by atoms with Crippen molar-refractivity contribution in [3.63, 3.8) is 0 Å². The molecule has 1 N–H and O–H groups in total. The molecular weight excluding hydrogens is 303 g/mol. The van der Waals surface area contributed by atoms with Crippen molar-refractivity contribution in [1.29, 1.82) is 0 Å². The minimum absolute atomic E-state index is 0.102. The monoisotopic (exact) mass is 316 g/mol. The zero-order valence-corrected chi connectivity index (χ0v) is 12.4. The summed E-state index contributed by atoms with van der Waals surface area (Å²) in [6, 6.07) is 9.74. The number of amides is 1. The fraction of sp³-hybridized carbons (Fsp3) is 0.125. The molecule has 6 heteroatoms. The lowest BCUT2D eigenvalue weighted by molar-refractivity contribution is -0.116. The molecular formula is C16H13FN2O2S. The smallest absolute Gasteiger partial charge is 0.226 e. The van der Waals surface area contributed by atoms with Gasteiger partial charge in [0.15, 0.2) is 5.13 Å². The number of nitrogens with zero attached hydrogens (tertiary/aromatic N) is 1. The van der Waals surface area contributed by atoms with Crippen LogP contribution in [0.5, 0.6) is 0 Å². The van der Waals surface area contributed by atoms with Gasteiger partial charge >= 0.3 is 0 Å². The van der Waals surface area contributed by atoms with Crippen molar-refractivity contribution >= 4 is 22.4 Å². The van der Waals surface area contributed by atoms with Gasteiger partial charge in [-0.2, -0.15) is 0 Å². The quantitative estimate of drug-likeness (QED) is 0.770. The van der Waals surface area contributed by atoms with Crippen LogP contribution in [0.2, 0.25) is 0 Å². The number of nitrogens with one attached hydrogen (secondary N) is 1. The lowest BCUT2D eigenvalue weighted by atomic mass is 10.2. The van der Waals surface area contributed by atoms with Gasteiger partial charge in [0.25, 0.3) is 0 Å². The number of halogens is 1. The number of aromatic nitrogens is 1. The minimum Gasteiger partial charge on any atom is -0.461 e. The molecule has 0 saturated heterocycles. The van der Waals surface area contributed by atoms with E-state index in [9.17, 15) is 9.18 Å². The van der Waals surface area contributed by atoms with E-state index in [0.29, 0.717) is 29.5 Å². The highest BCUT2D eigenvalue weighted by Gasteiger charge is 2.08. The summed E-state index contributed by atoms with van der Waals surface area (Å²) in [5, 5.41) is 5.12. The number of furan rings is 1. The number of anilines is 1. The van der Waals surface area contributed by atoms with Gasteiger partial charge in [-0.05, 0) is 36.4 Å². The molecule has 0 unspecified atom stereocenters. The second-order valence-electron chi connectivity index (χ2n) is 4.66. The molecule has 112 valence electrons. The van der Waals surface area contributed by atoms with Gasteiger partial charge in [-0.15, -0.1) is 11.3 Å². The van der Waals surface area contributed by atoms with Crippen molar-refractivity contribution in [3.8, 4) is 11.3 Å². The Balaban J connectivity index is 1.57. The number of rotatable bonds is 5. The minimum atomic E-state index is -0.283. The Morgan fingerprint density at radius 2 is 2.05 bits per heavy atom. The number of hydrogen-bond acceptors (Lipinski definition) is 4. The van der Waals surface area contributed by atoms with E-state index in [1.165, 1.54) is 23.5 Å². The van der Waals surface area contributed by atoms with Crippen molar-refractivity contribution in [1.82, 2.24) is 4.98 Å². The second-order valence-corrected chi connectivity index (χ2v) is 5.55. The van der Waals surface area contributed by atoms with Gasteiger partial charge in [-0.25, -0.2) is 9.37 Å². The molecule has 0 fully saturated rings. The third kappa shape index (κ3) is 3.59. The molecule has 1 aromatic carbocycles. The molecule has 0 spiro atoms. The van der Waals surface area contributed by atoms with Crippen molar-refractivity contribution in [2.24, 2.45) is 0 Å². The Hall–Kier alpha value is -2.47. The van der Waals surface area contributed by atoms with Crippen LogP contribution in [0.1, 0.15) is 12.2 Å². The van der Waals surface area contributed by atoms with Gasteiger partial charge in [0.05, 0.1) is 0 Å². The first kappa shape index (κ1) is 14.5. The predicted octanol–water partition coefficient (Wildman–Crippen LogP) is 4.11. The fourth-order valence-corrected chi connectivity index (χ4v) is 2.53. The molecule has 0 aliphatic rings. The van der Waals surface area contributed by atoms with Crippen LogP contribution < -0.4 is 5.32 Å². The predicted molar refractivity (Wildman–Crippen MR) is 83.2 cm³/mol. The zero-order valence-electron chi connectivity index (χ0n) is 11.6. The van der Waals surface area contributed by atoms with E-state index in [2.05, 4.69) is 10.3 Å². The summed E-state index contributed by atoms with van der Waals surface area (Å²) >= 11 is 1.38. The maximum Gasteiger partial charge on any atom is 0.226 e. The normalized spacial score (nSPS) is 10.6. The van der Waals surface area contributed by atoms with Crippen molar-refractivity contribution in [2.45, 2.75) is 12.8 Å². The van der Waals surface area contributed by atoms with E-state index in [0.717, 1.165) is 5.56 Å². The van der Waals surface area contributed by atoms with Gasteiger partial charge in [-0.1, -0.05) is 0 Å². The van der Waals surface area contributed by atoms with E-state index in [4.69, 9.17) is 4.42 Å². The maximum absolute atomic E-state index is 12.9. The van der Waals surface area contributed by atoms with Crippen LogP contribution in [-0.4, -0.2) is 10.9 Å². The Morgan fingerprint density at radius 1 is 1.23 bits per heavy atom. The molecule has 0 aliphatic carbocycles. The van der Waals surface area contributed by atoms with Crippen LogP contribution in [-0.2, 0) is 11.2 Å². The average molecular weight is 316 g/mol. The lowest BCUT2D eigenvalue weighted by Gasteiger charge is -2.00. The second kappa shape index (κ2) is 6.53. The number of benzene rings is 1. The summed E-state index contributed by atoms with van der Waals surface area (Å²) in [6.45, 7) is 0. The third-order valence-corrected chi connectivity index (χ3v) is 3.76. The summed E-state index contributed by atoms with van der Waals surface area (Å²) < 4.78 is 18.6. The first-order chi connectivity index (χ1) is 10.7. The van der Waals surface area contributed by atoms with Crippen molar-refractivity contribution in [2.75, 3.05) is 5.32 Å². The van der Waals surface area contributed by atoms with Crippen molar-refractivity contribution in [3.05, 3.63) is 59.6 Å². The van der Waals surface area contributed by atoms with Crippen LogP contribution in [0, 0.1) is 5.82 Å². The molecule has 3 aromatic rings. The SMILES string of the molecule is O=C(CCc1ccc(-c2ccc(F)cc2)o1)Nc1nccs1. The van der Waals surface area contributed by atoms with Crippen LogP contribution >= 0.6 is 11.3 Å². The number of carbonyl (C=O) groups is 1. The Bertz CT molecular complexity index is 751. The average Bonchev–Trinajstić information content (AvgIpc) is 3.17. The largest absolute Gasteiger partial charge is 0.461 e. The van der Waals surface area contributed by atoms with Gasteiger partial charge in [0.1, 0.15) is 17.3 Å². The highest BCUT2D eigenvalue weighted by atomic mass is 32.1. The first-order valence-electron chi connectivity index (χ1n) is 6.75. The van der Waals surface area contributed by atoms with E-state index in [-0.39, 0.29) is 11.7 Å². The Morgan fingerprint density at radius 3 is 2.77 bits per heavy atom. The molecule has 22 heavy (non-hydrogen) atoms. The molecule has 3 rings (SSSR count). The number of carbonyl (C=O) groups excluding carboxylic acids is 1. The molecule has 2 heterocycles. The lowest BCUT2D eigenvalue weighted by Crippen LogP contribution is -2.11. The summed E-state index contributed by atoms with van der Waals surface area (Å²) in [6.07, 6.45) is 2.45. The molecule has 0 saturated carbocycles. The van der Waals surface area contributed by atoms with Gasteiger partial charge < -0.3 is 9.73 Å². The summed E-state index contributed by atoms with van der Waals surface area (Å²) in [5.41, 5.74) is 0.805. The molecule has 4 nitrogen and oxygen atoms in total. The molecule has 0 aliphatic heterocycles. The van der Waals surface area contributed by atoms with Crippen LogP contribution in [0.4, 0.5) is 9.52 Å². The van der Waals surface area contributed by atoms with E-state index in [1.54, 1.807) is 23.7 Å². The Labute approximate surface area is 130 Å². The van der Waals surface area contributed by atoms with E-state index in [1.807, 2.05) is 12.1 Å². The summed E-state index contributed by atoms with van der Waals surface area (Å²) in [7, 11) is 0.